The molecule has 0 aliphatic carbocycles. The number of hydrogen-bond donors (Lipinski definition) is 0. The fourth-order valence-corrected chi connectivity index (χ4v) is 4.26. The van der Waals surface area contributed by atoms with Gasteiger partial charge < -0.3 is 9.30 Å². The molecule has 0 bridgehead atoms. The van der Waals surface area contributed by atoms with Crippen LogP contribution >= 0.6 is 11.3 Å². The lowest BCUT2D eigenvalue weighted by molar-refractivity contribution is -0.143. The van der Waals surface area contributed by atoms with Gasteiger partial charge in [0.15, 0.2) is 4.80 Å². The number of ether oxygens (including phenoxy) is 1. The number of nitrogens with zero attached hydrogens (tertiary/aromatic N) is 2. The summed E-state index contributed by atoms with van der Waals surface area (Å²) in [7, 11) is 0. The topological polar surface area (TPSA) is 60.7 Å². The Morgan fingerprint density at radius 1 is 1.00 bits per heavy atom. The van der Waals surface area contributed by atoms with Crippen LogP contribution in [0.1, 0.15) is 34.7 Å². The van der Waals surface area contributed by atoms with E-state index in [9.17, 15) is 9.59 Å². The highest BCUT2D eigenvalue weighted by Gasteiger charge is 2.13. The maximum Gasteiger partial charge on any atom is 0.326 e. The number of carbonyl (C=O) groups is 2. The van der Waals surface area contributed by atoms with Gasteiger partial charge in [0.2, 0.25) is 0 Å². The van der Waals surface area contributed by atoms with Gasteiger partial charge in [0.25, 0.3) is 5.91 Å². The van der Waals surface area contributed by atoms with Gasteiger partial charge in [-0.3, -0.25) is 9.59 Å². The molecular weight excluding hydrogens is 384 g/mol. The number of benzene rings is 2. The summed E-state index contributed by atoms with van der Waals surface area (Å²) in [6.45, 7) is 10.3. The molecule has 152 valence electrons. The van der Waals surface area contributed by atoms with Crippen LogP contribution < -0.4 is 4.80 Å². The lowest BCUT2D eigenvalue weighted by Crippen LogP contribution is -2.23. The van der Waals surface area contributed by atoms with Crippen molar-refractivity contribution in [1.82, 2.24) is 4.57 Å². The number of carbonyl (C=O) groups excluding carboxylic acids is 2. The van der Waals surface area contributed by atoms with Crippen LogP contribution in [-0.2, 0) is 27.3 Å². The highest BCUT2D eigenvalue weighted by atomic mass is 32.1. The zero-order chi connectivity index (χ0) is 21.1. The standard InChI is InChI=1S/C23H26N2O3S/c1-6-28-22(27)13-25-19-10-16(4)17(5)11-20(19)29-23(25)24-21(26)12-18-8-7-14(2)15(3)9-18/h7-11H,6,12-13H2,1-5H3. The first-order valence-electron chi connectivity index (χ1n) is 9.68. The van der Waals surface area contributed by atoms with E-state index in [2.05, 4.69) is 11.1 Å². The summed E-state index contributed by atoms with van der Waals surface area (Å²) >= 11 is 1.42. The van der Waals surface area contributed by atoms with Crippen molar-refractivity contribution in [2.75, 3.05) is 6.61 Å². The normalized spacial score (nSPS) is 11.8. The molecule has 0 fully saturated rings. The largest absolute Gasteiger partial charge is 0.465 e. The molecule has 0 atom stereocenters. The molecule has 3 aromatic rings. The maximum atomic E-state index is 12.7. The molecule has 1 heterocycles. The third-order valence-corrected chi connectivity index (χ3v) is 6.08. The minimum atomic E-state index is -0.339. The van der Waals surface area contributed by atoms with E-state index in [4.69, 9.17) is 4.74 Å². The first-order valence-corrected chi connectivity index (χ1v) is 10.5. The molecule has 0 unspecified atom stereocenters. The van der Waals surface area contributed by atoms with Crippen molar-refractivity contribution in [3.05, 3.63) is 63.0 Å². The number of amides is 1. The molecule has 0 aliphatic rings. The van der Waals surface area contributed by atoms with Crippen LogP contribution in [0.2, 0.25) is 0 Å². The quantitative estimate of drug-likeness (QED) is 0.593. The van der Waals surface area contributed by atoms with Gasteiger partial charge in [0.05, 0.1) is 23.2 Å². The minimum Gasteiger partial charge on any atom is -0.465 e. The number of aryl methyl sites for hydroxylation is 4. The lowest BCUT2D eigenvalue weighted by atomic mass is 10.0. The van der Waals surface area contributed by atoms with Crippen LogP contribution in [-0.4, -0.2) is 23.1 Å². The van der Waals surface area contributed by atoms with Crippen molar-refractivity contribution >= 4 is 33.4 Å². The number of aromatic nitrogens is 1. The summed E-state index contributed by atoms with van der Waals surface area (Å²) < 4.78 is 7.89. The van der Waals surface area contributed by atoms with Crippen molar-refractivity contribution in [1.29, 1.82) is 0 Å². The van der Waals surface area contributed by atoms with E-state index in [-0.39, 0.29) is 24.8 Å². The second-order valence-corrected chi connectivity index (χ2v) is 8.29. The van der Waals surface area contributed by atoms with Gasteiger partial charge in [-0.15, -0.1) is 0 Å². The Bertz CT molecular complexity index is 1150. The van der Waals surface area contributed by atoms with Crippen molar-refractivity contribution < 1.29 is 14.3 Å². The van der Waals surface area contributed by atoms with E-state index in [1.54, 1.807) is 11.5 Å². The van der Waals surface area contributed by atoms with Gasteiger partial charge >= 0.3 is 5.97 Å². The van der Waals surface area contributed by atoms with E-state index in [0.717, 1.165) is 32.5 Å². The molecule has 0 radical (unpaired) electrons. The maximum absolute atomic E-state index is 12.7. The number of esters is 1. The second-order valence-electron chi connectivity index (χ2n) is 7.28. The van der Waals surface area contributed by atoms with Crippen LogP contribution in [0.4, 0.5) is 0 Å². The van der Waals surface area contributed by atoms with Crippen LogP contribution in [0.15, 0.2) is 35.3 Å². The summed E-state index contributed by atoms with van der Waals surface area (Å²) in [5.41, 5.74) is 6.47. The third-order valence-electron chi connectivity index (χ3n) is 5.04. The summed E-state index contributed by atoms with van der Waals surface area (Å²) in [6, 6.07) is 10.1. The summed E-state index contributed by atoms with van der Waals surface area (Å²) in [6.07, 6.45) is 0.229. The molecule has 0 spiro atoms. The molecule has 0 saturated heterocycles. The fourth-order valence-electron chi connectivity index (χ4n) is 3.13. The van der Waals surface area contributed by atoms with Crippen LogP contribution in [0.25, 0.3) is 10.2 Å². The molecule has 3 rings (SSSR count). The van der Waals surface area contributed by atoms with Gasteiger partial charge in [-0.25, -0.2) is 0 Å². The van der Waals surface area contributed by atoms with Crippen LogP contribution in [0.3, 0.4) is 0 Å². The Morgan fingerprint density at radius 2 is 1.69 bits per heavy atom. The number of hydrogen-bond acceptors (Lipinski definition) is 4. The lowest BCUT2D eigenvalue weighted by Gasteiger charge is -2.07. The van der Waals surface area contributed by atoms with Gasteiger partial charge in [0, 0.05) is 0 Å². The monoisotopic (exact) mass is 410 g/mol. The molecule has 29 heavy (non-hydrogen) atoms. The number of thiazole rings is 1. The van der Waals surface area contributed by atoms with Crippen molar-refractivity contribution in [2.45, 2.75) is 47.6 Å². The summed E-state index contributed by atoms with van der Waals surface area (Å²) in [5.74, 6) is -0.570. The van der Waals surface area contributed by atoms with Crippen molar-refractivity contribution in [3.63, 3.8) is 0 Å². The predicted molar refractivity (Wildman–Crippen MR) is 116 cm³/mol. The Kier molecular flexibility index (Phi) is 6.33. The Labute approximate surface area is 174 Å². The average molecular weight is 411 g/mol. The number of fused-ring (bicyclic) bond motifs is 1. The van der Waals surface area contributed by atoms with E-state index in [1.165, 1.54) is 16.9 Å². The minimum absolute atomic E-state index is 0.0338. The molecule has 1 amide bonds. The molecule has 0 N–H and O–H groups in total. The van der Waals surface area contributed by atoms with Gasteiger partial charge in [-0.2, -0.15) is 4.99 Å². The molecular formula is C23H26N2O3S. The van der Waals surface area contributed by atoms with E-state index < -0.39 is 0 Å². The van der Waals surface area contributed by atoms with Crippen molar-refractivity contribution in [3.8, 4) is 0 Å². The smallest absolute Gasteiger partial charge is 0.326 e. The summed E-state index contributed by atoms with van der Waals surface area (Å²) in [5, 5.41) is 0. The first kappa shape index (κ1) is 21.0. The molecule has 2 aromatic carbocycles. The highest BCUT2D eigenvalue weighted by Crippen LogP contribution is 2.22. The molecule has 0 aliphatic heterocycles. The average Bonchev–Trinajstić information content (AvgIpc) is 2.95. The zero-order valence-corrected chi connectivity index (χ0v) is 18.4. The third kappa shape index (κ3) is 4.82. The van der Waals surface area contributed by atoms with E-state index in [1.807, 2.05) is 52.0 Å². The molecule has 1 aromatic heterocycles. The predicted octanol–water partition coefficient (Wildman–Crippen LogP) is 4.17. The van der Waals surface area contributed by atoms with Gasteiger partial charge in [0.1, 0.15) is 6.54 Å². The van der Waals surface area contributed by atoms with Gasteiger partial charge in [-0.1, -0.05) is 29.5 Å². The van der Waals surface area contributed by atoms with Crippen molar-refractivity contribution in [2.24, 2.45) is 4.99 Å². The second kappa shape index (κ2) is 8.74. The Balaban J connectivity index is 2.02. The molecule has 5 nitrogen and oxygen atoms in total. The van der Waals surface area contributed by atoms with Crippen LogP contribution in [0, 0.1) is 27.7 Å². The summed E-state index contributed by atoms with van der Waals surface area (Å²) in [4.78, 5) is 29.7. The Hall–Kier alpha value is -2.73. The van der Waals surface area contributed by atoms with E-state index in [0.29, 0.717) is 11.4 Å². The molecule has 0 saturated carbocycles. The fraction of sp³-hybridized carbons (Fsp3) is 0.348. The van der Waals surface area contributed by atoms with Gasteiger partial charge in [-0.05, 0) is 74.6 Å². The Morgan fingerprint density at radius 3 is 2.38 bits per heavy atom. The van der Waals surface area contributed by atoms with E-state index >= 15 is 0 Å². The number of rotatable bonds is 5. The molecule has 6 heteroatoms. The zero-order valence-electron chi connectivity index (χ0n) is 17.5. The SMILES string of the molecule is CCOC(=O)Cn1c(=NC(=O)Cc2ccc(C)c(C)c2)sc2cc(C)c(C)cc21. The first-order chi connectivity index (χ1) is 13.8. The highest BCUT2D eigenvalue weighted by molar-refractivity contribution is 7.16. The van der Waals surface area contributed by atoms with Crippen LogP contribution in [0.5, 0.6) is 0 Å².